The van der Waals surface area contributed by atoms with Gasteiger partial charge in [-0.05, 0) is 49.2 Å². The molecule has 1 aromatic carbocycles. The van der Waals surface area contributed by atoms with Crippen LogP contribution >= 0.6 is 11.8 Å². The van der Waals surface area contributed by atoms with Crippen molar-refractivity contribution in [2.75, 3.05) is 30.3 Å². The molecule has 4 aliphatic rings. The summed E-state index contributed by atoms with van der Waals surface area (Å²) >= 11 is 1.32. The Morgan fingerprint density at radius 3 is 2.88 bits per heavy atom. The maximum atomic E-state index is 12.6. The van der Waals surface area contributed by atoms with Crippen molar-refractivity contribution in [1.29, 1.82) is 0 Å². The Hall–Kier alpha value is -1.58. The number of hydrogen-bond donors (Lipinski definition) is 1. The second-order valence-corrected chi connectivity index (χ2v) is 10.0. The summed E-state index contributed by atoms with van der Waals surface area (Å²) in [5.74, 6) is -0.0340. The van der Waals surface area contributed by atoms with E-state index in [2.05, 4.69) is 14.6 Å². The summed E-state index contributed by atoms with van der Waals surface area (Å²) in [5, 5.41) is 3.63. The fraction of sp³-hybridized carbons (Fsp3) is 0.529. The molecule has 138 valence electrons. The van der Waals surface area contributed by atoms with E-state index in [1.54, 1.807) is 0 Å². The zero-order chi connectivity index (χ0) is 17.9. The van der Waals surface area contributed by atoms with E-state index in [1.807, 2.05) is 23.1 Å². The summed E-state index contributed by atoms with van der Waals surface area (Å²) in [6.45, 7) is 2.42. The first-order valence-electron chi connectivity index (χ1n) is 8.95. The number of nitrogens with one attached hydrogen (secondary N) is 1. The van der Waals surface area contributed by atoms with E-state index < -0.39 is 10.0 Å². The highest BCUT2D eigenvalue weighted by Gasteiger charge is 2.36. The predicted molar refractivity (Wildman–Crippen MR) is 101 cm³/mol. The zero-order valence-electron chi connectivity index (χ0n) is 14.2. The molecule has 1 N–H and O–H groups in total. The smallest absolute Gasteiger partial charge is 0.257 e. The highest BCUT2D eigenvalue weighted by molar-refractivity contribution is 8.15. The molecule has 1 unspecified atom stereocenters. The third kappa shape index (κ3) is 3.01. The maximum absolute atomic E-state index is 12.6. The molecule has 0 spiro atoms. The molecule has 0 aromatic heterocycles. The number of carbonyl (C=O) groups excluding carboxylic acids is 1. The molecular weight excluding hydrogens is 372 g/mol. The number of likely N-dealkylation sites (tertiary alicyclic amines) is 1. The van der Waals surface area contributed by atoms with Gasteiger partial charge in [-0.3, -0.25) is 9.69 Å². The molecule has 26 heavy (non-hydrogen) atoms. The van der Waals surface area contributed by atoms with Gasteiger partial charge < -0.3 is 10.2 Å². The molecule has 9 heteroatoms. The van der Waals surface area contributed by atoms with Crippen LogP contribution in [0.1, 0.15) is 29.6 Å². The van der Waals surface area contributed by atoms with Crippen molar-refractivity contribution >= 4 is 38.5 Å². The number of anilines is 1. The second-order valence-electron chi connectivity index (χ2n) is 7.28. The fourth-order valence-electron chi connectivity index (χ4n) is 3.82. The van der Waals surface area contributed by atoms with E-state index in [4.69, 9.17) is 0 Å². The van der Waals surface area contributed by atoms with E-state index in [-0.39, 0.29) is 17.7 Å². The SMILES string of the molecule is O=C(NC1CCN(C2CC2)C1)c1ccc2c(c1)SC1=NS(=O)(=O)CCN12. The standard InChI is InChI=1S/C17H20N4O3S2/c22-16(18-12-5-6-20(10-12)13-2-3-13)11-1-4-14-15(9-11)25-17-19-26(23,24)8-7-21(14)17/h1,4,9,12-13H,2-3,5-8,10H2,(H,18,22). The lowest BCUT2D eigenvalue weighted by molar-refractivity contribution is 0.0937. The average molecular weight is 393 g/mol. The van der Waals surface area contributed by atoms with Gasteiger partial charge in [0.1, 0.15) is 0 Å². The zero-order valence-corrected chi connectivity index (χ0v) is 15.9. The van der Waals surface area contributed by atoms with Crippen LogP contribution < -0.4 is 10.2 Å². The lowest BCUT2D eigenvalue weighted by Gasteiger charge is -2.22. The third-order valence-electron chi connectivity index (χ3n) is 5.35. The lowest BCUT2D eigenvalue weighted by atomic mass is 10.1. The Labute approximate surface area is 156 Å². The van der Waals surface area contributed by atoms with Gasteiger partial charge in [0.15, 0.2) is 5.17 Å². The highest BCUT2D eigenvalue weighted by atomic mass is 32.2. The van der Waals surface area contributed by atoms with Gasteiger partial charge in [-0.1, -0.05) is 0 Å². The van der Waals surface area contributed by atoms with Crippen molar-refractivity contribution in [2.24, 2.45) is 4.40 Å². The summed E-state index contributed by atoms with van der Waals surface area (Å²) < 4.78 is 27.2. The van der Waals surface area contributed by atoms with Crippen LogP contribution in [0.25, 0.3) is 0 Å². The fourth-order valence-corrected chi connectivity index (χ4v) is 6.11. The Balaban J connectivity index is 1.31. The Kier molecular flexibility index (Phi) is 3.81. The number of benzene rings is 1. The maximum Gasteiger partial charge on any atom is 0.257 e. The number of hydrogen-bond acceptors (Lipinski definition) is 6. The van der Waals surface area contributed by atoms with E-state index in [9.17, 15) is 13.2 Å². The van der Waals surface area contributed by atoms with Crippen LogP contribution in [-0.4, -0.2) is 61.9 Å². The van der Waals surface area contributed by atoms with Gasteiger partial charge in [0, 0.05) is 42.2 Å². The van der Waals surface area contributed by atoms with E-state index in [1.165, 1.54) is 24.6 Å². The normalized spacial score (nSPS) is 27.0. The molecule has 2 fully saturated rings. The van der Waals surface area contributed by atoms with Gasteiger partial charge in [0.05, 0.1) is 11.4 Å². The molecule has 1 saturated carbocycles. The minimum Gasteiger partial charge on any atom is -0.348 e. The number of nitrogens with zero attached hydrogens (tertiary/aromatic N) is 3. The quantitative estimate of drug-likeness (QED) is 0.834. The van der Waals surface area contributed by atoms with Crippen molar-refractivity contribution in [3.8, 4) is 0 Å². The third-order valence-corrected chi connectivity index (χ3v) is 7.66. The average Bonchev–Trinajstić information content (AvgIpc) is 3.24. The monoisotopic (exact) mass is 392 g/mol. The van der Waals surface area contributed by atoms with Crippen LogP contribution in [0.15, 0.2) is 27.5 Å². The number of sulfonamides is 1. The van der Waals surface area contributed by atoms with Crippen LogP contribution in [0, 0.1) is 0 Å². The summed E-state index contributed by atoms with van der Waals surface area (Å²) in [4.78, 5) is 17.9. The molecule has 0 bridgehead atoms. The molecule has 5 rings (SSSR count). The molecule has 0 radical (unpaired) electrons. The Bertz CT molecular complexity index is 911. The van der Waals surface area contributed by atoms with Crippen LogP contribution in [0.5, 0.6) is 0 Å². The van der Waals surface area contributed by atoms with Crippen molar-refractivity contribution in [2.45, 2.75) is 36.2 Å². The first kappa shape index (κ1) is 16.6. The highest BCUT2D eigenvalue weighted by Crippen LogP contribution is 2.42. The summed E-state index contributed by atoms with van der Waals surface area (Å²) in [6.07, 6.45) is 3.59. The predicted octanol–water partition coefficient (Wildman–Crippen LogP) is 1.26. The van der Waals surface area contributed by atoms with Gasteiger partial charge in [-0.25, -0.2) is 8.42 Å². The summed E-state index contributed by atoms with van der Waals surface area (Å²) in [6, 6.07) is 6.50. The number of carbonyl (C=O) groups is 1. The minimum atomic E-state index is -3.36. The largest absolute Gasteiger partial charge is 0.348 e. The van der Waals surface area contributed by atoms with Crippen molar-refractivity contribution in [1.82, 2.24) is 10.2 Å². The van der Waals surface area contributed by atoms with Gasteiger partial charge in [0.25, 0.3) is 15.9 Å². The van der Waals surface area contributed by atoms with Gasteiger partial charge in [0.2, 0.25) is 0 Å². The van der Waals surface area contributed by atoms with Gasteiger partial charge in [-0.2, -0.15) is 0 Å². The Morgan fingerprint density at radius 2 is 2.08 bits per heavy atom. The number of rotatable bonds is 3. The first-order chi connectivity index (χ1) is 12.5. The van der Waals surface area contributed by atoms with Crippen molar-refractivity contribution in [3.05, 3.63) is 23.8 Å². The number of amides is 1. The summed E-state index contributed by atoms with van der Waals surface area (Å²) in [7, 11) is -3.36. The van der Waals surface area contributed by atoms with E-state index in [0.717, 1.165) is 36.1 Å². The lowest BCUT2D eigenvalue weighted by Crippen LogP contribution is -2.37. The van der Waals surface area contributed by atoms with Crippen molar-refractivity contribution < 1.29 is 13.2 Å². The second kappa shape index (κ2) is 5.97. The number of amidine groups is 1. The Morgan fingerprint density at radius 1 is 1.23 bits per heavy atom. The molecule has 3 heterocycles. The summed E-state index contributed by atoms with van der Waals surface area (Å²) in [5.41, 5.74) is 1.55. The molecular formula is C17H20N4O3S2. The van der Waals surface area contributed by atoms with Crippen LogP contribution in [0.4, 0.5) is 5.69 Å². The molecule has 1 amide bonds. The van der Waals surface area contributed by atoms with Crippen LogP contribution in [-0.2, 0) is 10.0 Å². The molecule has 1 atom stereocenters. The number of thioether (sulfide) groups is 1. The molecule has 3 aliphatic heterocycles. The van der Waals surface area contributed by atoms with E-state index in [0.29, 0.717) is 17.3 Å². The molecule has 1 saturated heterocycles. The van der Waals surface area contributed by atoms with Crippen LogP contribution in [0.3, 0.4) is 0 Å². The van der Waals surface area contributed by atoms with Crippen molar-refractivity contribution in [3.63, 3.8) is 0 Å². The van der Waals surface area contributed by atoms with E-state index >= 15 is 0 Å². The molecule has 1 aliphatic carbocycles. The molecule has 7 nitrogen and oxygen atoms in total. The minimum absolute atomic E-state index is 0.0257. The first-order valence-corrected chi connectivity index (χ1v) is 11.4. The molecule has 1 aromatic rings. The topological polar surface area (TPSA) is 82.1 Å². The van der Waals surface area contributed by atoms with Crippen LogP contribution in [0.2, 0.25) is 0 Å². The van der Waals surface area contributed by atoms with Gasteiger partial charge >= 0.3 is 0 Å². The van der Waals surface area contributed by atoms with Gasteiger partial charge in [-0.15, -0.1) is 4.40 Å². The number of fused-ring (bicyclic) bond motifs is 3.